The molecule has 36 heavy (non-hydrogen) atoms. The minimum absolute atomic E-state index is 0.231. The van der Waals surface area contributed by atoms with Crippen LogP contribution in [0.4, 0.5) is 17.5 Å². The second kappa shape index (κ2) is 12.2. The quantitative estimate of drug-likeness (QED) is 0.307. The van der Waals surface area contributed by atoms with Crippen molar-refractivity contribution in [1.29, 1.82) is 0 Å². The highest BCUT2D eigenvalue weighted by Gasteiger charge is 2.05. The average Bonchev–Trinajstić information content (AvgIpc) is 2.86. The number of amides is 1. The molecule has 0 aliphatic heterocycles. The number of para-hydroxylation sites is 1. The molecule has 0 atom stereocenters. The fourth-order valence-corrected chi connectivity index (χ4v) is 3.32. The second-order valence-corrected chi connectivity index (χ2v) is 8.32. The fourth-order valence-electron chi connectivity index (χ4n) is 3.32. The highest BCUT2D eigenvalue weighted by molar-refractivity contribution is 5.98. The van der Waals surface area contributed by atoms with Crippen LogP contribution in [-0.4, -0.2) is 46.4 Å². The van der Waals surface area contributed by atoms with E-state index in [1.54, 1.807) is 12.1 Å². The van der Waals surface area contributed by atoms with Crippen LogP contribution in [0.25, 0.3) is 0 Å². The molecule has 2 heterocycles. The first kappa shape index (κ1) is 24.6. The molecule has 0 radical (unpaired) electrons. The van der Waals surface area contributed by atoms with Crippen LogP contribution in [0.2, 0.25) is 0 Å². The van der Waals surface area contributed by atoms with Crippen molar-refractivity contribution in [2.24, 2.45) is 0 Å². The first-order valence-corrected chi connectivity index (χ1v) is 11.5. The van der Waals surface area contributed by atoms with E-state index < -0.39 is 0 Å². The summed E-state index contributed by atoms with van der Waals surface area (Å²) in [4.78, 5) is 27.2. The molecule has 0 aliphatic carbocycles. The molecule has 4 rings (SSSR count). The van der Waals surface area contributed by atoms with Crippen molar-refractivity contribution in [2.45, 2.75) is 6.42 Å². The molecule has 1 amide bonds. The highest BCUT2D eigenvalue weighted by atomic mass is 16.5. The molecule has 2 N–H and O–H groups in total. The summed E-state index contributed by atoms with van der Waals surface area (Å²) in [7, 11) is 3.88. The van der Waals surface area contributed by atoms with E-state index in [4.69, 9.17) is 4.74 Å². The van der Waals surface area contributed by atoms with Crippen LogP contribution in [0, 0.1) is 0 Å². The van der Waals surface area contributed by atoms with Crippen LogP contribution in [0.3, 0.4) is 0 Å². The maximum atomic E-state index is 12.1. The van der Waals surface area contributed by atoms with E-state index in [2.05, 4.69) is 25.6 Å². The third-order valence-corrected chi connectivity index (χ3v) is 5.01. The molecule has 8 nitrogen and oxygen atoms in total. The van der Waals surface area contributed by atoms with Gasteiger partial charge in [0, 0.05) is 25.1 Å². The van der Waals surface area contributed by atoms with Gasteiger partial charge in [-0.3, -0.25) is 4.79 Å². The first-order chi connectivity index (χ1) is 17.5. The molecule has 8 heteroatoms. The van der Waals surface area contributed by atoms with E-state index in [1.165, 1.54) is 12.4 Å². The van der Waals surface area contributed by atoms with Gasteiger partial charge in [-0.25, -0.2) is 15.0 Å². The first-order valence-electron chi connectivity index (χ1n) is 11.5. The smallest absolute Gasteiger partial charge is 0.249 e. The number of anilines is 3. The van der Waals surface area contributed by atoms with Crippen LogP contribution < -0.4 is 15.4 Å². The molecule has 0 spiro atoms. The Balaban J connectivity index is 1.35. The van der Waals surface area contributed by atoms with Crippen LogP contribution >= 0.6 is 0 Å². The summed E-state index contributed by atoms with van der Waals surface area (Å²) in [5.41, 5.74) is 1.96. The van der Waals surface area contributed by atoms with Crippen molar-refractivity contribution in [3.63, 3.8) is 0 Å². The van der Waals surface area contributed by atoms with Crippen molar-refractivity contribution in [3.05, 3.63) is 109 Å². The minimum Gasteiger partial charge on any atom is -0.457 e. The van der Waals surface area contributed by atoms with Crippen molar-refractivity contribution in [1.82, 2.24) is 19.9 Å². The Hall–Kier alpha value is -4.56. The van der Waals surface area contributed by atoms with Crippen LogP contribution in [0.1, 0.15) is 11.3 Å². The van der Waals surface area contributed by atoms with E-state index in [0.717, 1.165) is 22.8 Å². The monoisotopic (exact) mass is 480 g/mol. The van der Waals surface area contributed by atoms with Gasteiger partial charge in [0.15, 0.2) is 0 Å². The maximum Gasteiger partial charge on any atom is 0.249 e. The predicted molar refractivity (Wildman–Crippen MR) is 142 cm³/mol. The van der Waals surface area contributed by atoms with Gasteiger partial charge in [0.25, 0.3) is 0 Å². The summed E-state index contributed by atoms with van der Waals surface area (Å²) in [5, 5.41) is 5.95. The summed E-state index contributed by atoms with van der Waals surface area (Å²) in [6.07, 6.45) is 5.46. The van der Waals surface area contributed by atoms with Crippen molar-refractivity contribution < 1.29 is 9.53 Å². The summed E-state index contributed by atoms with van der Waals surface area (Å²) in [6.45, 7) is 0.685. The molecule has 4 aromatic rings. The Labute approximate surface area is 210 Å². The van der Waals surface area contributed by atoms with E-state index in [0.29, 0.717) is 30.4 Å². The molecule has 2 aromatic heterocycles. The lowest BCUT2D eigenvalue weighted by atomic mass is 10.1. The maximum absolute atomic E-state index is 12.1. The number of carbonyl (C=O) groups excluding carboxylic acids is 1. The zero-order valence-corrected chi connectivity index (χ0v) is 20.3. The molecule has 0 unspecified atom stereocenters. The van der Waals surface area contributed by atoms with Gasteiger partial charge >= 0.3 is 0 Å². The standard InChI is InChI=1S/C28H28N6O2/c1-34(2)17-7-12-28(35)33-26-11-6-10-25(31-26)32-27-19-22(29-20-30-27)18-21-13-15-24(16-14-21)36-23-8-4-3-5-9-23/h3-16,19-20H,17-18H2,1-2H3,(H2,29,30,31,32,33,35). The number of nitrogens with zero attached hydrogens (tertiary/aromatic N) is 4. The average molecular weight is 481 g/mol. The van der Waals surface area contributed by atoms with Gasteiger partial charge in [0.2, 0.25) is 5.91 Å². The number of rotatable bonds is 10. The largest absolute Gasteiger partial charge is 0.457 e. The normalized spacial score (nSPS) is 11.0. The Morgan fingerprint density at radius 1 is 0.889 bits per heavy atom. The molecule has 0 saturated carbocycles. The van der Waals surface area contributed by atoms with Crippen molar-refractivity contribution in [2.75, 3.05) is 31.3 Å². The Kier molecular flexibility index (Phi) is 8.35. The van der Waals surface area contributed by atoms with Gasteiger partial charge in [-0.1, -0.05) is 42.5 Å². The SMILES string of the molecule is CN(C)CC=CC(=O)Nc1cccc(Nc2cc(Cc3ccc(Oc4ccccc4)cc3)ncn2)n1. The van der Waals surface area contributed by atoms with Crippen molar-refractivity contribution >= 4 is 23.4 Å². The van der Waals surface area contributed by atoms with Crippen LogP contribution in [0.5, 0.6) is 11.5 Å². The second-order valence-electron chi connectivity index (χ2n) is 8.32. The van der Waals surface area contributed by atoms with E-state index in [-0.39, 0.29) is 5.91 Å². The third kappa shape index (κ3) is 7.75. The molecule has 182 valence electrons. The summed E-state index contributed by atoms with van der Waals surface area (Å²) < 4.78 is 5.86. The highest BCUT2D eigenvalue weighted by Crippen LogP contribution is 2.22. The number of hydrogen-bond acceptors (Lipinski definition) is 7. The number of hydrogen-bond donors (Lipinski definition) is 2. The topological polar surface area (TPSA) is 92.3 Å². The van der Waals surface area contributed by atoms with E-state index in [9.17, 15) is 4.79 Å². The number of likely N-dealkylation sites (N-methyl/N-ethyl adjacent to an activating group) is 1. The Bertz CT molecular complexity index is 1310. The molecular weight excluding hydrogens is 452 g/mol. The zero-order chi connectivity index (χ0) is 25.2. The minimum atomic E-state index is -0.231. The summed E-state index contributed by atoms with van der Waals surface area (Å²) in [6, 6.07) is 24.9. The number of pyridine rings is 1. The Morgan fingerprint density at radius 3 is 2.42 bits per heavy atom. The number of carbonyl (C=O) groups is 1. The lowest BCUT2D eigenvalue weighted by molar-refractivity contribution is -0.111. The molecular formula is C28H28N6O2. The number of nitrogens with one attached hydrogen (secondary N) is 2. The van der Waals surface area contributed by atoms with Gasteiger partial charge < -0.3 is 20.3 Å². The molecule has 2 aromatic carbocycles. The predicted octanol–water partition coefficient (Wildman–Crippen LogP) is 5.05. The van der Waals surface area contributed by atoms with Crippen LogP contribution in [-0.2, 0) is 11.2 Å². The van der Waals surface area contributed by atoms with Gasteiger partial charge in [-0.05, 0) is 56.1 Å². The van der Waals surface area contributed by atoms with Crippen LogP contribution in [0.15, 0.2) is 97.3 Å². The summed E-state index contributed by atoms with van der Waals surface area (Å²) >= 11 is 0. The van der Waals surface area contributed by atoms with Gasteiger partial charge in [0.05, 0.1) is 5.69 Å². The zero-order valence-electron chi connectivity index (χ0n) is 20.3. The molecule has 0 aliphatic rings. The van der Waals surface area contributed by atoms with Gasteiger partial charge in [-0.15, -0.1) is 0 Å². The Morgan fingerprint density at radius 2 is 1.64 bits per heavy atom. The number of ether oxygens (including phenoxy) is 1. The summed E-state index contributed by atoms with van der Waals surface area (Å²) in [5.74, 6) is 2.98. The van der Waals surface area contributed by atoms with E-state index >= 15 is 0 Å². The molecule has 0 fully saturated rings. The van der Waals surface area contributed by atoms with Gasteiger partial charge in [-0.2, -0.15) is 0 Å². The lowest BCUT2D eigenvalue weighted by Crippen LogP contribution is -2.13. The van der Waals surface area contributed by atoms with Gasteiger partial charge in [0.1, 0.15) is 35.3 Å². The van der Waals surface area contributed by atoms with E-state index in [1.807, 2.05) is 91.8 Å². The van der Waals surface area contributed by atoms with Crippen molar-refractivity contribution in [3.8, 4) is 11.5 Å². The molecule has 0 saturated heterocycles. The lowest BCUT2D eigenvalue weighted by Gasteiger charge is -2.09. The molecule has 0 bridgehead atoms. The fraction of sp³-hybridized carbons (Fsp3) is 0.143. The number of aromatic nitrogens is 3. The third-order valence-electron chi connectivity index (χ3n) is 5.01. The number of benzene rings is 2.